The van der Waals surface area contributed by atoms with Crippen molar-refractivity contribution < 1.29 is 4.74 Å². The first-order chi connectivity index (χ1) is 14.8. The summed E-state index contributed by atoms with van der Waals surface area (Å²) in [5.74, 6) is 1.62. The summed E-state index contributed by atoms with van der Waals surface area (Å²) < 4.78 is 5.69. The molecule has 0 aliphatic heterocycles. The minimum atomic E-state index is 0.774. The smallest absolute Gasteiger partial charge is 0.159 e. The molecule has 0 saturated carbocycles. The van der Waals surface area contributed by atoms with Crippen molar-refractivity contribution >= 4 is 0 Å². The monoisotopic (exact) mass is 408 g/mol. The van der Waals surface area contributed by atoms with Crippen LogP contribution in [0.1, 0.15) is 96.5 Å². The number of benzene rings is 1. The van der Waals surface area contributed by atoms with Crippen molar-refractivity contribution in [3.8, 4) is 17.1 Å². The number of rotatable bonds is 16. The second kappa shape index (κ2) is 15.6. The number of unbranched alkanes of at least 4 members (excludes halogenated alkanes) is 10. The standard InChI is InChI=1S/C27H40N2O/c1-3-5-7-9-11-12-14-16-24-22-28-27(29-23-24)25-17-19-26(20-18-25)30-21-15-13-10-8-6-4-2/h15,17-23H,3-14,16H2,1-2H3. The van der Waals surface area contributed by atoms with Gasteiger partial charge in [0.1, 0.15) is 5.75 Å². The lowest BCUT2D eigenvalue weighted by Crippen LogP contribution is -1.93. The van der Waals surface area contributed by atoms with Crippen LogP contribution in [0.5, 0.6) is 5.75 Å². The van der Waals surface area contributed by atoms with Crippen molar-refractivity contribution in [1.82, 2.24) is 9.97 Å². The first-order valence-corrected chi connectivity index (χ1v) is 12.1. The summed E-state index contributed by atoms with van der Waals surface area (Å²) >= 11 is 0. The van der Waals surface area contributed by atoms with E-state index in [0.717, 1.165) is 30.0 Å². The van der Waals surface area contributed by atoms with Gasteiger partial charge in [-0.05, 0) is 61.6 Å². The van der Waals surface area contributed by atoms with E-state index in [1.807, 2.05) is 36.7 Å². The number of hydrogen-bond donors (Lipinski definition) is 0. The number of aromatic nitrogens is 2. The average molecular weight is 409 g/mol. The molecule has 3 heteroatoms. The first-order valence-electron chi connectivity index (χ1n) is 12.1. The molecule has 0 unspecified atom stereocenters. The van der Waals surface area contributed by atoms with Crippen molar-refractivity contribution in [2.75, 3.05) is 0 Å². The predicted molar refractivity (Wildman–Crippen MR) is 128 cm³/mol. The predicted octanol–water partition coefficient (Wildman–Crippen LogP) is 8.30. The Labute approximate surface area is 184 Å². The van der Waals surface area contributed by atoms with Gasteiger partial charge in [-0.15, -0.1) is 0 Å². The van der Waals surface area contributed by atoms with Crippen LogP contribution in [-0.4, -0.2) is 9.97 Å². The van der Waals surface area contributed by atoms with Gasteiger partial charge in [0.05, 0.1) is 6.26 Å². The van der Waals surface area contributed by atoms with Crippen LogP contribution >= 0.6 is 0 Å². The van der Waals surface area contributed by atoms with Crippen LogP contribution in [0.2, 0.25) is 0 Å². The molecule has 3 nitrogen and oxygen atoms in total. The van der Waals surface area contributed by atoms with E-state index >= 15 is 0 Å². The summed E-state index contributed by atoms with van der Waals surface area (Å²) in [6.45, 7) is 4.50. The summed E-state index contributed by atoms with van der Waals surface area (Å²) in [6, 6.07) is 8.00. The molecule has 1 aromatic carbocycles. The Hall–Kier alpha value is -2.16. The first kappa shape index (κ1) is 24.1. The second-order valence-corrected chi connectivity index (χ2v) is 8.15. The van der Waals surface area contributed by atoms with Crippen molar-refractivity contribution in [1.29, 1.82) is 0 Å². The van der Waals surface area contributed by atoms with E-state index in [2.05, 4.69) is 29.9 Å². The third kappa shape index (κ3) is 10.0. The quantitative estimate of drug-likeness (QED) is 0.207. The molecular weight excluding hydrogens is 368 g/mol. The molecule has 0 radical (unpaired) electrons. The van der Waals surface area contributed by atoms with E-state index in [-0.39, 0.29) is 0 Å². The minimum Gasteiger partial charge on any atom is -0.465 e. The van der Waals surface area contributed by atoms with Gasteiger partial charge in [-0.1, -0.05) is 71.6 Å². The Bertz CT molecular complexity index is 692. The fourth-order valence-electron chi connectivity index (χ4n) is 3.49. The zero-order valence-corrected chi connectivity index (χ0v) is 19.1. The number of aryl methyl sites for hydroxylation is 1. The Morgan fingerprint density at radius 1 is 0.733 bits per heavy atom. The topological polar surface area (TPSA) is 35.0 Å². The highest BCUT2D eigenvalue weighted by Gasteiger charge is 2.03. The maximum atomic E-state index is 5.69. The highest BCUT2D eigenvalue weighted by molar-refractivity contribution is 5.55. The van der Waals surface area contributed by atoms with Gasteiger partial charge in [-0.25, -0.2) is 9.97 Å². The van der Waals surface area contributed by atoms with Crippen LogP contribution in [0, 0.1) is 0 Å². The van der Waals surface area contributed by atoms with Crippen LogP contribution in [0.4, 0.5) is 0 Å². The third-order valence-corrected chi connectivity index (χ3v) is 5.41. The van der Waals surface area contributed by atoms with Crippen molar-refractivity contribution in [2.24, 2.45) is 0 Å². The number of allylic oxidation sites excluding steroid dienone is 1. The lowest BCUT2D eigenvalue weighted by atomic mass is 10.1. The third-order valence-electron chi connectivity index (χ3n) is 5.41. The van der Waals surface area contributed by atoms with Crippen LogP contribution < -0.4 is 4.74 Å². The maximum Gasteiger partial charge on any atom is 0.159 e. The molecule has 0 fully saturated rings. The second-order valence-electron chi connectivity index (χ2n) is 8.15. The zero-order chi connectivity index (χ0) is 21.3. The van der Waals surface area contributed by atoms with Gasteiger partial charge in [-0.2, -0.15) is 0 Å². The van der Waals surface area contributed by atoms with Gasteiger partial charge in [0.15, 0.2) is 5.82 Å². The summed E-state index contributed by atoms with van der Waals surface area (Å²) in [5, 5.41) is 0. The molecule has 1 aromatic heterocycles. The van der Waals surface area contributed by atoms with Gasteiger partial charge in [0.25, 0.3) is 0 Å². The summed E-state index contributed by atoms with van der Waals surface area (Å²) in [6.07, 6.45) is 24.5. The molecule has 0 atom stereocenters. The molecule has 0 bridgehead atoms. The van der Waals surface area contributed by atoms with Crippen LogP contribution in [0.15, 0.2) is 49.0 Å². The van der Waals surface area contributed by atoms with Gasteiger partial charge >= 0.3 is 0 Å². The maximum absolute atomic E-state index is 5.69. The van der Waals surface area contributed by atoms with Crippen LogP contribution in [0.25, 0.3) is 11.4 Å². The number of hydrogen-bond acceptors (Lipinski definition) is 3. The molecule has 0 aliphatic carbocycles. The Morgan fingerprint density at radius 2 is 1.33 bits per heavy atom. The van der Waals surface area contributed by atoms with E-state index in [0.29, 0.717) is 0 Å². The zero-order valence-electron chi connectivity index (χ0n) is 19.1. The normalized spacial score (nSPS) is 11.3. The largest absolute Gasteiger partial charge is 0.465 e. The molecule has 0 spiro atoms. The fourth-order valence-corrected chi connectivity index (χ4v) is 3.49. The molecule has 30 heavy (non-hydrogen) atoms. The van der Waals surface area contributed by atoms with E-state index in [4.69, 9.17) is 4.74 Å². The SMILES string of the molecule is CCCCCCC=COc1ccc(-c2ncc(CCCCCCCCC)cn2)cc1. The van der Waals surface area contributed by atoms with Gasteiger partial charge in [0, 0.05) is 18.0 Å². The average Bonchev–Trinajstić information content (AvgIpc) is 2.79. The van der Waals surface area contributed by atoms with Gasteiger partial charge < -0.3 is 4.74 Å². The fraction of sp³-hybridized carbons (Fsp3) is 0.556. The molecule has 1 heterocycles. The van der Waals surface area contributed by atoms with E-state index in [1.165, 1.54) is 76.2 Å². The van der Waals surface area contributed by atoms with Crippen LogP contribution in [0.3, 0.4) is 0 Å². The Balaban J connectivity index is 1.70. The van der Waals surface area contributed by atoms with Crippen molar-refractivity contribution in [3.05, 3.63) is 54.6 Å². The summed E-state index contributed by atoms with van der Waals surface area (Å²) in [7, 11) is 0. The molecule has 0 aliphatic rings. The van der Waals surface area contributed by atoms with Crippen molar-refractivity contribution in [3.63, 3.8) is 0 Å². The lowest BCUT2D eigenvalue weighted by molar-refractivity contribution is 0.477. The molecule has 0 N–H and O–H groups in total. The van der Waals surface area contributed by atoms with E-state index < -0.39 is 0 Å². The molecule has 164 valence electrons. The van der Waals surface area contributed by atoms with Crippen LogP contribution in [-0.2, 0) is 6.42 Å². The minimum absolute atomic E-state index is 0.774. The molecule has 2 rings (SSSR count). The number of ether oxygens (including phenoxy) is 1. The Morgan fingerprint density at radius 3 is 2.00 bits per heavy atom. The van der Waals surface area contributed by atoms with E-state index in [1.54, 1.807) is 6.26 Å². The van der Waals surface area contributed by atoms with Gasteiger partial charge in [-0.3, -0.25) is 0 Å². The van der Waals surface area contributed by atoms with E-state index in [9.17, 15) is 0 Å². The molecule has 0 saturated heterocycles. The summed E-state index contributed by atoms with van der Waals surface area (Å²) in [5.41, 5.74) is 2.25. The number of nitrogens with zero attached hydrogens (tertiary/aromatic N) is 2. The molecular formula is C27H40N2O. The highest BCUT2D eigenvalue weighted by atomic mass is 16.5. The molecule has 2 aromatic rings. The summed E-state index contributed by atoms with van der Waals surface area (Å²) in [4.78, 5) is 9.13. The van der Waals surface area contributed by atoms with Crippen molar-refractivity contribution in [2.45, 2.75) is 97.3 Å². The lowest BCUT2D eigenvalue weighted by Gasteiger charge is -2.05. The highest BCUT2D eigenvalue weighted by Crippen LogP contribution is 2.20. The molecule has 0 amide bonds. The van der Waals surface area contributed by atoms with Gasteiger partial charge in [0.2, 0.25) is 0 Å². The Kier molecular flexibility index (Phi) is 12.6.